The fourth-order valence-corrected chi connectivity index (χ4v) is 8.04. The van der Waals surface area contributed by atoms with Gasteiger partial charge in [0.2, 0.25) is 0 Å². The molecular weight excluding hydrogens is 524 g/mol. The third kappa shape index (κ3) is 11.6. The van der Waals surface area contributed by atoms with Gasteiger partial charge in [-0.3, -0.25) is 9.59 Å². The summed E-state index contributed by atoms with van der Waals surface area (Å²) in [4.78, 5) is 25.8. The molecule has 242 valence electrons. The molecule has 0 aromatic heterocycles. The van der Waals surface area contributed by atoms with Crippen LogP contribution in [0.1, 0.15) is 178 Å². The number of Topliss-reactive ketones (excluding diaryl/α,β-unsaturated/α-hetero) is 2. The summed E-state index contributed by atoms with van der Waals surface area (Å²) in [5.41, 5.74) is 2.56. The minimum Gasteiger partial charge on any atom is -0.289 e. The quantitative estimate of drug-likeness (QED) is 0.151. The number of carbonyl (C=O) groups is 2. The van der Waals surface area contributed by atoms with Gasteiger partial charge in [-0.15, -0.1) is 0 Å². The molecule has 1 fully saturated rings. The molecule has 0 amide bonds. The van der Waals surface area contributed by atoms with Crippen molar-refractivity contribution in [2.24, 2.45) is 41.4 Å². The maximum atomic E-state index is 13.0. The van der Waals surface area contributed by atoms with Gasteiger partial charge in [-0.25, -0.2) is 0 Å². The smallest absolute Gasteiger partial charge is 0.190 e. The lowest BCUT2D eigenvalue weighted by atomic mass is 9.81. The highest BCUT2D eigenvalue weighted by Crippen LogP contribution is 2.40. The maximum Gasteiger partial charge on any atom is 0.190 e. The van der Waals surface area contributed by atoms with Crippen molar-refractivity contribution in [2.75, 3.05) is 0 Å². The first-order valence-corrected chi connectivity index (χ1v) is 18.4. The van der Waals surface area contributed by atoms with Crippen molar-refractivity contribution < 1.29 is 9.59 Å². The van der Waals surface area contributed by atoms with E-state index in [2.05, 4.69) is 41.5 Å². The number of carbonyl (C=O) groups excluding carboxylic acids is 2. The first-order valence-electron chi connectivity index (χ1n) is 18.4. The monoisotopic (exact) mass is 591 g/mol. The lowest BCUT2D eigenvalue weighted by molar-refractivity contribution is 0.0971. The zero-order valence-electron chi connectivity index (χ0n) is 29.2. The number of ketones is 2. The molecule has 0 spiro atoms. The Kier molecular flexibility index (Phi) is 15.2. The second-order valence-corrected chi connectivity index (χ2v) is 15.7. The molecule has 0 bridgehead atoms. The van der Waals surface area contributed by atoms with Gasteiger partial charge in [0.15, 0.2) is 11.6 Å². The van der Waals surface area contributed by atoms with Gasteiger partial charge in [-0.05, 0) is 74.0 Å². The van der Waals surface area contributed by atoms with Gasteiger partial charge in [0, 0.05) is 22.3 Å². The van der Waals surface area contributed by atoms with Crippen molar-refractivity contribution in [3.63, 3.8) is 0 Å². The molecule has 2 heteroatoms. The molecule has 0 unspecified atom stereocenters. The molecule has 0 N–H and O–H groups in total. The Bertz CT molecular complexity index is 1030. The van der Waals surface area contributed by atoms with Crippen molar-refractivity contribution in [3.05, 3.63) is 46.5 Å². The summed E-state index contributed by atoms with van der Waals surface area (Å²) in [5, 5.41) is 0. The molecular formula is C41H66O2. The zero-order valence-corrected chi connectivity index (χ0v) is 29.2. The third-order valence-corrected chi connectivity index (χ3v) is 11.3. The summed E-state index contributed by atoms with van der Waals surface area (Å²) in [7, 11) is 0. The Morgan fingerprint density at radius 2 is 1.19 bits per heavy atom. The molecule has 2 aliphatic carbocycles. The van der Waals surface area contributed by atoms with E-state index in [-0.39, 0.29) is 11.6 Å². The molecule has 0 heterocycles. The van der Waals surface area contributed by atoms with Gasteiger partial charge in [0.1, 0.15) is 0 Å². The van der Waals surface area contributed by atoms with Crippen LogP contribution in [0.15, 0.2) is 35.4 Å². The lowest BCUT2D eigenvalue weighted by Crippen LogP contribution is -2.21. The molecule has 0 radical (unpaired) electrons. The first-order chi connectivity index (χ1) is 20.6. The van der Waals surface area contributed by atoms with Crippen LogP contribution in [0.3, 0.4) is 0 Å². The van der Waals surface area contributed by atoms with Crippen molar-refractivity contribution in [3.8, 4) is 0 Å². The maximum absolute atomic E-state index is 13.0. The molecule has 2 aliphatic rings. The van der Waals surface area contributed by atoms with E-state index >= 15 is 0 Å². The van der Waals surface area contributed by atoms with Gasteiger partial charge >= 0.3 is 0 Å². The summed E-state index contributed by atoms with van der Waals surface area (Å²) < 4.78 is 0. The second kappa shape index (κ2) is 18.3. The van der Waals surface area contributed by atoms with Gasteiger partial charge in [0.05, 0.1) is 0 Å². The number of rotatable bonds is 20. The summed E-state index contributed by atoms with van der Waals surface area (Å²) in [5.74, 6) is 6.16. The van der Waals surface area contributed by atoms with Crippen molar-refractivity contribution in [1.82, 2.24) is 0 Å². The molecule has 3 rings (SSSR count). The average molecular weight is 591 g/mol. The molecule has 2 nitrogen and oxygen atoms in total. The Hall–Kier alpha value is -1.70. The summed E-state index contributed by atoms with van der Waals surface area (Å²) in [6, 6.07) is 7.28. The fourth-order valence-electron chi connectivity index (χ4n) is 8.04. The summed E-state index contributed by atoms with van der Waals surface area (Å²) in [6.07, 6.45) is 22.7. The second-order valence-electron chi connectivity index (χ2n) is 15.7. The number of hydrogen-bond donors (Lipinski definition) is 0. The molecule has 1 aromatic rings. The highest BCUT2D eigenvalue weighted by Gasteiger charge is 2.30. The van der Waals surface area contributed by atoms with Crippen LogP contribution < -0.4 is 0 Å². The van der Waals surface area contributed by atoms with E-state index in [4.69, 9.17) is 0 Å². The standard InChI is InChI=1S/C41H66O2/c1-29(2)14-10-20-33(6)36-26-25-35(28-36)21-13-19-31(4)16-11-15-30(3)17-12-18-32(5)24-27-37-34(7)40(42)38-22-8-9-23-39(38)41(37)43/h8-9,22-23,29-33,35-36H,10-21,24-28H2,1-7H3/t30-,31+,32-,33+,35+,36+/m0/s1. The summed E-state index contributed by atoms with van der Waals surface area (Å²) in [6.45, 7) is 16.3. The SMILES string of the molecule is CC1=C(CC[C@@H](C)CCC[C@@H](C)CCC[C@@H](C)CCC[C@@H]2CC[C@@H]([C@H](C)CCCC(C)C)C2)C(=O)c2ccccc2C1=O. The molecule has 0 saturated heterocycles. The number of benzene rings is 1. The predicted octanol–water partition coefficient (Wildman–Crippen LogP) is 12.5. The van der Waals surface area contributed by atoms with E-state index in [0.29, 0.717) is 22.6 Å². The molecule has 43 heavy (non-hydrogen) atoms. The van der Waals surface area contributed by atoms with Crippen LogP contribution in [0.25, 0.3) is 0 Å². The highest BCUT2D eigenvalue weighted by atomic mass is 16.1. The van der Waals surface area contributed by atoms with Crippen LogP contribution in [-0.4, -0.2) is 11.6 Å². The molecule has 1 saturated carbocycles. The molecule has 0 aliphatic heterocycles. The van der Waals surface area contributed by atoms with Gasteiger partial charge in [0.25, 0.3) is 0 Å². The van der Waals surface area contributed by atoms with Crippen molar-refractivity contribution in [2.45, 2.75) is 158 Å². The summed E-state index contributed by atoms with van der Waals surface area (Å²) >= 11 is 0. The molecule has 6 atom stereocenters. The number of hydrogen-bond acceptors (Lipinski definition) is 2. The van der Waals surface area contributed by atoms with Crippen LogP contribution >= 0.6 is 0 Å². The van der Waals surface area contributed by atoms with Gasteiger partial charge in [-0.1, -0.05) is 149 Å². The Morgan fingerprint density at radius 3 is 1.79 bits per heavy atom. The normalized spacial score (nSPS) is 21.8. The van der Waals surface area contributed by atoms with E-state index in [1.54, 1.807) is 12.1 Å². The third-order valence-electron chi connectivity index (χ3n) is 11.3. The van der Waals surface area contributed by atoms with E-state index in [1.807, 2.05) is 19.1 Å². The largest absolute Gasteiger partial charge is 0.289 e. The van der Waals surface area contributed by atoms with Crippen molar-refractivity contribution in [1.29, 1.82) is 0 Å². The van der Waals surface area contributed by atoms with Crippen LogP contribution in [-0.2, 0) is 0 Å². The van der Waals surface area contributed by atoms with Crippen molar-refractivity contribution >= 4 is 11.6 Å². The zero-order chi connectivity index (χ0) is 31.4. The van der Waals surface area contributed by atoms with E-state index in [0.717, 1.165) is 53.9 Å². The topological polar surface area (TPSA) is 34.1 Å². The van der Waals surface area contributed by atoms with Crippen LogP contribution in [0.2, 0.25) is 0 Å². The van der Waals surface area contributed by atoms with E-state index in [9.17, 15) is 9.59 Å². The van der Waals surface area contributed by atoms with Crippen LogP contribution in [0.5, 0.6) is 0 Å². The van der Waals surface area contributed by atoms with Crippen LogP contribution in [0.4, 0.5) is 0 Å². The predicted molar refractivity (Wildman–Crippen MR) is 185 cm³/mol. The Morgan fingerprint density at radius 1 is 0.651 bits per heavy atom. The molecule has 1 aromatic carbocycles. The van der Waals surface area contributed by atoms with Crippen LogP contribution in [0, 0.1) is 41.4 Å². The average Bonchev–Trinajstić information content (AvgIpc) is 3.45. The number of allylic oxidation sites excluding steroid dienone is 2. The van der Waals surface area contributed by atoms with Gasteiger partial charge in [-0.2, -0.15) is 0 Å². The van der Waals surface area contributed by atoms with Gasteiger partial charge < -0.3 is 0 Å². The minimum atomic E-state index is 0.0286. The van der Waals surface area contributed by atoms with E-state index < -0.39 is 0 Å². The Labute approximate surface area is 266 Å². The number of fused-ring (bicyclic) bond motifs is 1. The highest BCUT2D eigenvalue weighted by molar-refractivity contribution is 6.26. The minimum absolute atomic E-state index is 0.0286. The van der Waals surface area contributed by atoms with E-state index in [1.165, 1.54) is 96.3 Å². The first kappa shape index (κ1) is 35.8. The lowest BCUT2D eigenvalue weighted by Gasteiger charge is -2.20. The Balaban J connectivity index is 1.21. The fraction of sp³-hybridized carbons (Fsp3) is 0.756.